The molecule has 0 aromatic carbocycles. The van der Waals surface area contributed by atoms with Crippen molar-refractivity contribution in [2.45, 2.75) is 101 Å². The first kappa shape index (κ1) is 29.3. The molecular weight excluding hydrogens is 480 g/mol. The molecule has 0 bridgehead atoms. The predicted octanol–water partition coefficient (Wildman–Crippen LogP) is -2.11. The number of aliphatic hydroxyl groups excluding tert-OH is 6. The van der Waals surface area contributed by atoms with Gasteiger partial charge in [-0.3, -0.25) is 4.79 Å². The van der Waals surface area contributed by atoms with Gasteiger partial charge in [0.1, 0.15) is 48.3 Å². The molecule has 2 aliphatic heterocycles. The van der Waals surface area contributed by atoms with E-state index >= 15 is 0 Å². The van der Waals surface area contributed by atoms with Crippen LogP contribution in [0.5, 0.6) is 0 Å². The van der Waals surface area contributed by atoms with Gasteiger partial charge in [-0.2, -0.15) is 0 Å². The van der Waals surface area contributed by atoms with Crippen molar-refractivity contribution in [2.75, 3.05) is 13.2 Å². The van der Waals surface area contributed by atoms with Gasteiger partial charge in [0.2, 0.25) is 0 Å². The van der Waals surface area contributed by atoms with Crippen LogP contribution in [0, 0.1) is 5.41 Å². The maximum absolute atomic E-state index is 11.9. The lowest BCUT2D eigenvalue weighted by Crippen LogP contribution is -2.60. The molecule has 206 valence electrons. The highest BCUT2D eigenvalue weighted by Crippen LogP contribution is 2.44. The van der Waals surface area contributed by atoms with Crippen molar-refractivity contribution in [1.82, 2.24) is 0 Å². The van der Waals surface area contributed by atoms with Crippen LogP contribution in [-0.4, -0.2) is 122 Å². The van der Waals surface area contributed by atoms with Gasteiger partial charge in [-0.25, -0.2) is 0 Å². The smallest absolute Gasteiger partial charge is 0.187 e. The van der Waals surface area contributed by atoms with Crippen molar-refractivity contribution in [3.8, 4) is 0 Å². The summed E-state index contributed by atoms with van der Waals surface area (Å²) in [6.45, 7) is 5.91. The Balaban J connectivity index is 1.64. The normalized spacial score (nSPS) is 44.1. The average molecular weight is 519 g/mol. The van der Waals surface area contributed by atoms with E-state index in [1.807, 2.05) is 0 Å². The molecule has 3 rings (SSSR count). The Labute approximate surface area is 209 Å². The highest BCUT2D eigenvalue weighted by atomic mass is 16.7. The van der Waals surface area contributed by atoms with Gasteiger partial charge in [-0.1, -0.05) is 19.9 Å². The number of carbonyl (C=O) groups excluding carboxylic acids is 1. The van der Waals surface area contributed by atoms with Crippen molar-refractivity contribution in [3.05, 3.63) is 23.8 Å². The van der Waals surface area contributed by atoms with Gasteiger partial charge in [0.15, 0.2) is 18.4 Å². The molecule has 7 N–H and O–H groups in total. The molecule has 0 amide bonds. The van der Waals surface area contributed by atoms with Crippen molar-refractivity contribution in [1.29, 1.82) is 0 Å². The number of allylic oxidation sites excluding steroid dienone is 1. The summed E-state index contributed by atoms with van der Waals surface area (Å²) in [6, 6.07) is 0. The minimum absolute atomic E-state index is 0.0729. The Morgan fingerprint density at radius 2 is 1.61 bits per heavy atom. The van der Waals surface area contributed by atoms with Gasteiger partial charge in [0.05, 0.1) is 19.3 Å². The SMILES string of the molecule is CC1=CC(=O)CC(C)(C)[C@]1(O)/C=C/[C@@H](C)O[C@@H]1O[C@H](CO[C@@H]2O[C@@H](CO)[C@H](O)[C@H]2O)[C@@H](O)[C@H](O)[C@H]1O. The van der Waals surface area contributed by atoms with Crippen LogP contribution in [-0.2, 0) is 23.7 Å². The summed E-state index contributed by atoms with van der Waals surface area (Å²) >= 11 is 0. The van der Waals surface area contributed by atoms with Crippen molar-refractivity contribution < 1.29 is 59.5 Å². The molecule has 2 fully saturated rings. The molecule has 0 aromatic heterocycles. The molecule has 3 aliphatic rings. The average Bonchev–Trinajstić information content (AvgIpc) is 3.08. The van der Waals surface area contributed by atoms with Crippen LogP contribution in [0.1, 0.15) is 34.1 Å². The summed E-state index contributed by atoms with van der Waals surface area (Å²) in [5.74, 6) is -0.0729. The van der Waals surface area contributed by atoms with Crippen molar-refractivity contribution >= 4 is 5.78 Å². The second-order valence-corrected chi connectivity index (χ2v) is 10.4. The maximum Gasteiger partial charge on any atom is 0.187 e. The lowest BCUT2D eigenvalue weighted by molar-refractivity contribution is -0.314. The molecule has 0 saturated carbocycles. The highest BCUT2D eigenvalue weighted by Gasteiger charge is 2.48. The minimum Gasteiger partial charge on any atom is -0.394 e. The summed E-state index contributed by atoms with van der Waals surface area (Å²) in [5, 5.41) is 71.3. The monoisotopic (exact) mass is 518 g/mol. The maximum atomic E-state index is 11.9. The Kier molecular flexibility index (Phi) is 9.12. The zero-order valence-electron chi connectivity index (χ0n) is 20.8. The molecule has 36 heavy (non-hydrogen) atoms. The van der Waals surface area contributed by atoms with Crippen LogP contribution in [0.2, 0.25) is 0 Å². The first-order valence-corrected chi connectivity index (χ1v) is 11.9. The van der Waals surface area contributed by atoms with Gasteiger partial charge in [0.25, 0.3) is 0 Å². The second-order valence-electron chi connectivity index (χ2n) is 10.4. The second kappa shape index (κ2) is 11.2. The molecule has 12 nitrogen and oxygen atoms in total. The van der Waals surface area contributed by atoms with E-state index in [2.05, 4.69) is 0 Å². The number of ketones is 1. The van der Waals surface area contributed by atoms with E-state index in [-0.39, 0.29) is 12.2 Å². The fraction of sp³-hybridized carbons (Fsp3) is 0.792. The molecule has 2 saturated heterocycles. The number of rotatable bonds is 8. The van der Waals surface area contributed by atoms with Crippen LogP contribution in [0.15, 0.2) is 23.8 Å². The van der Waals surface area contributed by atoms with Gasteiger partial charge >= 0.3 is 0 Å². The molecule has 1 aliphatic carbocycles. The van der Waals surface area contributed by atoms with Crippen molar-refractivity contribution in [2.24, 2.45) is 5.41 Å². The van der Waals surface area contributed by atoms with Crippen LogP contribution in [0.25, 0.3) is 0 Å². The van der Waals surface area contributed by atoms with Crippen LogP contribution in [0.4, 0.5) is 0 Å². The van der Waals surface area contributed by atoms with E-state index in [4.69, 9.17) is 18.9 Å². The first-order chi connectivity index (χ1) is 16.7. The Morgan fingerprint density at radius 3 is 2.19 bits per heavy atom. The number of aliphatic hydroxyl groups is 7. The fourth-order valence-corrected chi connectivity index (χ4v) is 4.75. The zero-order chi connectivity index (χ0) is 27.0. The number of hydrogen-bond donors (Lipinski definition) is 7. The summed E-state index contributed by atoms with van der Waals surface area (Å²) in [7, 11) is 0. The number of carbonyl (C=O) groups is 1. The first-order valence-electron chi connectivity index (χ1n) is 11.9. The summed E-state index contributed by atoms with van der Waals surface area (Å²) < 4.78 is 21.9. The molecule has 0 aromatic rings. The molecule has 0 unspecified atom stereocenters. The fourth-order valence-electron chi connectivity index (χ4n) is 4.75. The standard InChI is InChI=1S/C24H38O12/c1-11-7-13(26)8-23(3,4)24(11,32)6-5-12(2)34-22-20(31)18(29)17(28)15(36-22)10-33-21-19(30)16(27)14(9-25)35-21/h5-7,12,14-22,25,27-32H,8-10H2,1-4H3/b6-5+/t12-,14+,15-,16+,17-,18+,19-,20-,21-,22-,24+/m1/s1. The van der Waals surface area contributed by atoms with Gasteiger partial charge in [0, 0.05) is 11.8 Å². The van der Waals surface area contributed by atoms with Crippen LogP contribution in [0.3, 0.4) is 0 Å². The van der Waals surface area contributed by atoms with Crippen LogP contribution >= 0.6 is 0 Å². The van der Waals surface area contributed by atoms with Gasteiger partial charge < -0.3 is 54.7 Å². The lowest BCUT2D eigenvalue weighted by atomic mass is 9.64. The topological polar surface area (TPSA) is 196 Å². The van der Waals surface area contributed by atoms with E-state index in [0.717, 1.165) is 0 Å². The van der Waals surface area contributed by atoms with E-state index in [1.165, 1.54) is 12.2 Å². The third kappa shape index (κ3) is 5.74. The summed E-state index contributed by atoms with van der Waals surface area (Å²) in [6.07, 6.45) is -8.62. The number of hydrogen-bond acceptors (Lipinski definition) is 12. The van der Waals surface area contributed by atoms with Gasteiger partial charge in [-0.15, -0.1) is 0 Å². The molecule has 12 heteroatoms. The largest absolute Gasteiger partial charge is 0.394 e. The lowest BCUT2D eigenvalue weighted by Gasteiger charge is -2.44. The third-order valence-electron chi connectivity index (χ3n) is 7.18. The van der Waals surface area contributed by atoms with Gasteiger partial charge in [-0.05, 0) is 31.6 Å². The van der Waals surface area contributed by atoms with E-state index in [9.17, 15) is 40.5 Å². The summed E-state index contributed by atoms with van der Waals surface area (Å²) in [4.78, 5) is 11.9. The Morgan fingerprint density at radius 1 is 1.03 bits per heavy atom. The van der Waals surface area contributed by atoms with E-state index < -0.39 is 85.6 Å². The van der Waals surface area contributed by atoms with E-state index in [0.29, 0.717) is 5.57 Å². The summed E-state index contributed by atoms with van der Waals surface area (Å²) in [5.41, 5.74) is -1.68. The quantitative estimate of drug-likeness (QED) is 0.173. The molecular formula is C24H38O12. The minimum atomic E-state index is -1.64. The van der Waals surface area contributed by atoms with E-state index in [1.54, 1.807) is 33.8 Å². The zero-order valence-corrected chi connectivity index (χ0v) is 20.8. The number of ether oxygens (including phenoxy) is 4. The molecule has 2 heterocycles. The Bertz CT molecular complexity index is 843. The Hall–Kier alpha value is -1.29. The molecule has 0 radical (unpaired) electrons. The highest BCUT2D eigenvalue weighted by molar-refractivity contribution is 5.92. The van der Waals surface area contributed by atoms with Crippen LogP contribution < -0.4 is 0 Å². The third-order valence-corrected chi connectivity index (χ3v) is 7.18. The molecule has 11 atom stereocenters. The predicted molar refractivity (Wildman–Crippen MR) is 122 cm³/mol. The van der Waals surface area contributed by atoms with Crippen molar-refractivity contribution in [3.63, 3.8) is 0 Å². The molecule has 0 spiro atoms.